The van der Waals surface area contributed by atoms with E-state index in [0.717, 1.165) is 0 Å². The summed E-state index contributed by atoms with van der Waals surface area (Å²) in [7, 11) is 1.50. The number of carbonyl (C=O) groups excluding carboxylic acids is 2. The van der Waals surface area contributed by atoms with Crippen LogP contribution in [0, 0.1) is 24.2 Å². The Morgan fingerprint density at radius 2 is 1.96 bits per heavy atom. The van der Waals surface area contributed by atoms with Crippen molar-refractivity contribution in [3.8, 4) is 23.3 Å². The molecule has 1 unspecified atom stereocenters. The summed E-state index contributed by atoms with van der Waals surface area (Å²) in [5, 5.41) is 15.6. The van der Waals surface area contributed by atoms with Gasteiger partial charge in [-0.2, -0.15) is 10.2 Å². The van der Waals surface area contributed by atoms with E-state index in [-0.39, 0.29) is 5.56 Å². The van der Waals surface area contributed by atoms with Gasteiger partial charge >= 0.3 is 0 Å². The number of nitriles is 1. The van der Waals surface area contributed by atoms with E-state index in [1.807, 2.05) is 0 Å². The van der Waals surface area contributed by atoms with Crippen LogP contribution in [0.4, 0.5) is 5.69 Å². The van der Waals surface area contributed by atoms with Crippen molar-refractivity contribution in [1.82, 2.24) is 10.1 Å². The second-order valence-corrected chi connectivity index (χ2v) is 5.87. The Bertz CT molecular complexity index is 1050. The number of ether oxygens (including phenoxy) is 1. The van der Waals surface area contributed by atoms with Gasteiger partial charge in [0, 0.05) is 22.9 Å². The van der Waals surface area contributed by atoms with Crippen LogP contribution in [0.3, 0.4) is 0 Å². The van der Waals surface area contributed by atoms with Gasteiger partial charge in [0.15, 0.2) is 17.5 Å². The molecule has 8 nitrogen and oxygen atoms in total. The third kappa shape index (κ3) is 4.04. The molecular weight excluding hydrogens is 360 g/mol. The van der Waals surface area contributed by atoms with Crippen molar-refractivity contribution in [2.24, 2.45) is 5.92 Å². The molecule has 0 fully saturated rings. The van der Waals surface area contributed by atoms with Crippen molar-refractivity contribution in [2.45, 2.75) is 6.92 Å². The van der Waals surface area contributed by atoms with Gasteiger partial charge in [0.1, 0.15) is 5.75 Å². The standard InChI is InChI=1S/C20H16N4O4/c1-12-22-20(28-24-12)14-8-6-13(7-9-14)18(25)17(11-21)19(26)23-15-4-3-5-16(10-15)27-2/h3-10,17H,1-2H3,(H,23,26). The van der Waals surface area contributed by atoms with Crippen LogP contribution in [-0.4, -0.2) is 28.9 Å². The van der Waals surface area contributed by atoms with Gasteiger partial charge in [-0.1, -0.05) is 23.4 Å². The fraction of sp³-hybridized carbons (Fsp3) is 0.150. The van der Waals surface area contributed by atoms with Gasteiger partial charge in [-0.05, 0) is 31.2 Å². The van der Waals surface area contributed by atoms with Gasteiger partial charge in [0.25, 0.3) is 5.89 Å². The van der Waals surface area contributed by atoms with E-state index in [4.69, 9.17) is 9.26 Å². The van der Waals surface area contributed by atoms with Crippen molar-refractivity contribution in [3.05, 3.63) is 59.9 Å². The molecule has 3 aromatic rings. The Hall–Kier alpha value is -3.99. The van der Waals surface area contributed by atoms with Gasteiger partial charge in [0.2, 0.25) is 5.91 Å². The number of hydrogen-bond acceptors (Lipinski definition) is 7. The van der Waals surface area contributed by atoms with Crippen molar-refractivity contribution in [1.29, 1.82) is 5.26 Å². The first-order chi connectivity index (χ1) is 13.5. The van der Waals surface area contributed by atoms with E-state index in [9.17, 15) is 14.9 Å². The van der Waals surface area contributed by atoms with E-state index in [1.54, 1.807) is 49.4 Å². The third-order valence-corrected chi connectivity index (χ3v) is 3.93. The first-order valence-corrected chi connectivity index (χ1v) is 8.31. The molecule has 1 atom stereocenters. The fourth-order valence-corrected chi connectivity index (χ4v) is 2.51. The Morgan fingerprint density at radius 1 is 1.21 bits per heavy atom. The topological polar surface area (TPSA) is 118 Å². The number of methoxy groups -OCH3 is 1. The summed E-state index contributed by atoms with van der Waals surface area (Å²) in [6.45, 7) is 1.70. The molecule has 0 bridgehead atoms. The van der Waals surface area contributed by atoms with E-state index >= 15 is 0 Å². The van der Waals surface area contributed by atoms with Crippen LogP contribution in [0.1, 0.15) is 16.2 Å². The van der Waals surface area contributed by atoms with Crippen LogP contribution in [0.2, 0.25) is 0 Å². The Kier molecular flexibility index (Phi) is 5.46. The van der Waals surface area contributed by atoms with Crippen molar-refractivity contribution < 1.29 is 18.8 Å². The number of Topliss-reactive ketones (excluding diaryl/α,β-unsaturated/α-hetero) is 1. The van der Waals surface area contributed by atoms with E-state index in [1.165, 1.54) is 19.2 Å². The second-order valence-electron chi connectivity index (χ2n) is 5.87. The van der Waals surface area contributed by atoms with Gasteiger partial charge in [-0.25, -0.2) is 0 Å². The Morgan fingerprint density at radius 3 is 2.57 bits per heavy atom. The normalized spacial score (nSPS) is 11.3. The SMILES string of the molecule is COc1cccc(NC(=O)C(C#N)C(=O)c2ccc(-c3nc(C)no3)cc2)c1. The molecule has 1 amide bonds. The van der Waals surface area contributed by atoms with Gasteiger partial charge in [-0.3, -0.25) is 9.59 Å². The van der Waals surface area contributed by atoms with Crippen LogP contribution >= 0.6 is 0 Å². The highest BCUT2D eigenvalue weighted by atomic mass is 16.5. The summed E-state index contributed by atoms with van der Waals surface area (Å²) in [5.74, 6) is -1.43. The minimum Gasteiger partial charge on any atom is -0.497 e. The number of rotatable bonds is 6. The fourth-order valence-electron chi connectivity index (χ4n) is 2.51. The van der Waals surface area contributed by atoms with Crippen molar-refractivity contribution in [2.75, 3.05) is 12.4 Å². The van der Waals surface area contributed by atoms with Crippen LogP contribution < -0.4 is 10.1 Å². The molecule has 2 aromatic carbocycles. The molecule has 0 saturated carbocycles. The summed E-state index contributed by atoms with van der Waals surface area (Å²) in [4.78, 5) is 29.2. The highest BCUT2D eigenvalue weighted by Crippen LogP contribution is 2.21. The van der Waals surface area contributed by atoms with Crippen molar-refractivity contribution >= 4 is 17.4 Å². The first-order valence-electron chi connectivity index (χ1n) is 8.31. The molecule has 28 heavy (non-hydrogen) atoms. The zero-order chi connectivity index (χ0) is 20.1. The number of hydrogen-bond donors (Lipinski definition) is 1. The lowest BCUT2D eigenvalue weighted by molar-refractivity contribution is -0.117. The number of nitrogens with zero attached hydrogens (tertiary/aromatic N) is 3. The molecule has 1 aromatic heterocycles. The maximum absolute atomic E-state index is 12.6. The van der Waals surface area contributed by atoms with E-state index in [2.05, 4.69) is 15.5 Å². The van der Waals surface area contributed by atoms with E-state index in [0.29, 0.717) is 28.7 Å². The number of carbonyl (C=O) groups is 2. The maximum atomic E-state index is 12.6. The largest absolute Gasteiger partial charge is 0.497 e. The average Bonchev–Trinajstić information content (AvgIpc) is 3.15. The smallest absolute Gasteiger partial charge is 0.257 e. The molecule has 1 heterocycles. The van der Waals surface area contributed by atoms with Crippen LogP contribution in [0.15, 0.2) is 53.1 Å². The van der Waals surface area contributed by atoms with Crippen LogP contribution in [-0.2, 0) is 4.79 Å². The number of anilines is 1. The number of aryl methyl sites for hydroxylation is 1. The summed E-state index contributed by atoms with van der Waals surface area (Å²) in [5.41, 5.74) is 1.29. The second kappa shape index (κ2) is 8.14. The third-order valence-electron chi connectivity index (χ3n) is 3.93. The lowest BCUT2D eigenvalue weighted by Crippen LogP contribution is -2.28. The summed E-state index contributed by atoms with van der Waals surface area (Å²) in [6, 6.07) is 14.7. The lowest BCUT2D eigenvalue weighted by Gasteiger charge is -2.10. The molecular formula is C20H16N4O4. The van der Waals surface area contributed by atoms with Crippen molar-refractivity contribution in [3.63, 3.8) is 0 Å². The molecule has 8 heteroatoms. The monoisotopic (exact) mass is 376 g/mol. The molecule has 0 aliphatic heterocycles. The van der Waals surface area contributed by atoms with E-state index < -0.39 is 17.6 Å². The van der Waals surface area contributed by atoms with Crippen LogP contribution in [0.5, 0.6) is 5.75 Å². The lowest BCUT2D eigenvalue weighted by atomic mass is 9.97. The average molecular weight is 376 g/mol. The number of benzene rings is 2. The maximum Gasteiger partial charge on any atom is 0.257 e. The highest BCUT2D eigenvalue weighted by Gasteiger charge is 2.28. The molecule has 0 aliphatic rings. The number of nitrogens with one attached hydrogen (secondary N) is 1. The molecule has 0 radical (unpaired) electrons. The van der Waals surface area contributed by atoms with Gasteiger partial charge in [-0.15, -0.1) is 0 Å². The molecule has 1 N–H and O–H groups in total. The predicted octanol–water partition coefficient (Wildman–Crippen LogP) is 3.01. The quantitative estimate of drug-likeness (QED) is 0.519. The molecule has 3 rings (SSSR count). The Labute approximate surface area is 160 Å². The predicted molar refractivity (Wildman–Crippen MR) is 99.5 cm³/mol. The number of aromatic nitrogens is 2. The summed E-state index contributed by atoms with van der Waals surface area (Å²) < 4.78 is 10.2. The molecule has 140 valence electrons. The minimum atomic E-state index is -1.48. The zero-order valence-corrected chi connectivity index (χ0v) is 15.2. The zero-order valence-electron chi connectivity index (χ0n) is 15.2. The first kappa shape index (κ1) is 18.8. The number of ketones is 1. The molecule has 0 spiro atoms. The highest BCUT2D eigenvalue weighted by molar-refractivity contribution is 6.15. The van der Waals surface area contributed by atoms with Gasteiger partial charge < -0.3 is 14.6 Å². The molecule has 0 saturated heterocycles. The number of amides is 1. The Balaban J connectivity index is 1.75. The molecule has 0 aliphatic carbocycles. The van der Waals surface area contributed by atoms with Gasteiger partial charge in [0.05, 0.1) is 13.2 Å². The van der Waals surface area contributed by atoms with Crippen LogP contribution in [0.25, 0.3) is 11.5 Å². The summed E-state index contributed by atoms with van der Waals surface area (Å²) in [6.07, 6.45) is 0. The summed E-state index contributed by atoms with van der Waals surface area (Å²) >= 11 is 0. The minimum absolute atomic E-state index is 0.229.